The van der Waals surface area contributed by atoms with Crippen LogP contribution in [0.2, 0.25) is 0 Å². The fourth-order valence-electron chi connectivity index (χ4n) is 2.21. The van der Waals surface area contributed by atoms with Crippen molar-refractivity contribution in [2.24, 2.45) is 11.8 Å². The van der Waals surface area contributed by atoms with Crippen LogP contribution in [-0.4, -0.2) is 26.0 Å². The first-order chi connectivity index (χ1) is 9.35. The third kappa shape index (κ3) is 3.19. The van der Waals surface area contributed by atoms with E-state index in [-0.39, 0.29) is 10.5 Å². The zero-order valence-electron chi connectivity index (χ0n) is 11.6. The van der Waals surface area contributed by atoms with Gasteiger partial charge in [-0.25, -0.2) is 17.9 Å². The molecule has 1 aromatic carbocycles. The minimum Gasteiger partial charge on any atom is -0.478 e. The smallest absolute Gasteiger partial charge is 0.335 e. The maximum Gasteiger partial charge on any atom is 0.335 e. The van der Waals surface area contributed by atoms with E-state index in [1.807, 2.05) is 6.92 Å². The van der Waals surface area contributed by atoms with Crippen molar-refractivity contribution in [2.45, 2.75) is 31.6 Å². The first-order valence-electron chi connectivity index (χ1n) is 6.71. The second-order valence-corrected chi connectivity index (χ2v) is 7.04. The minimum atomic E-state index is -3.65. The van der Waals surface area contributed by atoms with Crippen molar-refractivity contribution in [1.29, 1.82) is 0 Å². The average molecular weight is 297 g/mol. The van der Waals surface area contributed by atoms with E-state index >= 15 is 0 Å². The van der Waals surface area contributed by atoms with Gasteiger partial charge in [0.2, 0.25) is 10.0 Å². The molecule has 2 N–H and O–H groups in total. The van der Waals surface area contributed by atoms with Crippen molar-refractivity contribution in [3.63, 3.8) is 0 Å². The molecular formula is C14H19NO4S. The lowest BCUT2D eigenvalue weighted by atomic mass is 10.1. The molecule has 0 amide bonds. The second-order valence-electron chi connectivity index (χ2n) is 5.31. The van der Waals surface area contributed by atoms with E-state index in [1.165, 1.54) is 12.1 Å². The van der Waals surface area contributed by atoms with Crippen LogP contribution < -0.4 is 4.72 Å². The van der Waals surface area contributed by atoms with Crippen LogP contribution in [0.15, 0.2) is 23.1 Å². The molecule has 0 saturated heterocycles. The summed E-state index contributed by atoms with van der Waals surface area (Å²) in [5.41, 5.74) is 0.619. The van der Waals surface area contributed by atoms with Gasteiger partial charge in [0.1, 0.15) is 0 Å². The molecule has 1 aliphatic rings. The number of rotatable bonds is 6. The number of sulfonamides is 1. The summed E-state index contributed by atoms with van der Waals surface area (Å²) in [6.07, 6.45) is 1.58. The fraction of sp³-hybridized carbons (Fsp3) is 0.500. The molecule has 0 bridgehead atoms. The second kappa shape index (κ2) is 5.54. The van der Waals surface area contributed by atoms with Crippen molar-refractivity contribution in [2.75, 3.05) is 6.54 Å². The van der Waals surface area contributed by atoms with Gasteiger partial charge in [-0.2, -0.15) is 0 Å². The Morgan fingerprint density at radius 3 is 2.60 bits per heavy atom. The largest absolute Gasteiger partial charge is 0.478 e. The maximum atomic E-state index is 12.3. The highest BCUT2D eigenvalue weighted by molar-refractivity contribution is 7.89. The molecular weight excluding hydrogens is 278 g/mol. The van der Waals surface area contributed by atoms with Crippen LogP contribution in [0.5, 0.6) is 0 Å². The van der Waals surface area contributed by atoms with E-state index < -0.39 is 16.0 Å². The van der Waals surface area contributed by atoms with Crippen LogP contribution in [0.25, 0.3) is 0 Å². The number of hydrogen-bond donors (Lipinski definition) is 2. The van der Waals surface area contributed by atoms with Gasteiger partial charge in [-0.1, -0.05) is 19.9 Å². The Bertz CT molecular complexity index is 624. The van der Waals surface area contributed by atoms with Gasteiger partial charge in [-0.05, 0) is 42.4 Å². The zero-order valence-corrected chi connectivity index (χ0v) is 12.4. The number of nitrogens with one attached hydrogen (secondary N) is 1. The molecule has 2 unspecified atom stereocenters. The highest BCUT2D eigenvalue weighted by atomic mass is 32.2. The number of carboxylic acids is 1. The van der Waals surface area contributed by atoms with Gasteiger partial charge in [0, 0.05) is 6.54 Å². The Labute approximate surface area is 119 Å². The Morgan fingerprint density at radius 2 is 2.10 bits per heavy atom. The summed E-state index contributed by atoms with van der Waals surface area (Å²) in [7, 11) is -3.65. The third-order valence-electron chi connectivity index (χ3n) is 3.80. The highest BCUT2D eigenvalue weighted by Gasteiger charge is 2.33. The van der Waals surface area contributed by atoms with Gasteiger partial charge >= 0.3 is 5.97 Å². The predicted molar refractivity (Wildman–Crippen MR) is 75.2 cm³/mol. The molecule has 110 valence electrons. The summed E-state index contributed by atoms with van der Waals surface area (Å²) in [5.74, 6) is -0.161. The summed E-state index contributed by atoms with van der Waals surface area (Å²) in [6.45, 7) is 4.35. The van der Waals surface area contributed by atoms with Gasteiger partial charge in [-0.15, -0.1) is 0 Å². The monoisotopic (exact) mass is 297 g/mol. The first-order valence-corrected chi connectivity index (χ1v) is 8.19. The molecule has 1 saturated carbocycles. The SMILES string of the molecule is CCc1ccc(C(=O)O)cc1S(=O)(=O)NCC1CC1C. The molecule has 1 aliphatic carbocycles. The summed E-state index contributed by atoms with van der Waals surface area (Å²) in [4.78, 5) is 11.1. The van der Waals surface area contributed by atoms with Crippen LogP contribution in [0.1, 0.15) is 36.2 Å². The molecule has 20 heavy (non-hydrogen) atoms. The van der Waals surface area contributed by atoms with Crippen LogP contribution in [0, 0.1) is 11.8 Å². The third-order valence-corrected chi connectivity index (χ3v) is 5.30. The quantitative estimate of drug-likeness (QED) is 0.839. The molecule has 2 atom stereocenters. The van der Waals surface area contributed by atoms with E-state index in [4.69, 9.17) is 5.11 Å². The summed E-state index contributed by atoms with van der Waals surface area (Å²) in [6, 6.07) is 4.24. The average Bonchev–Trinajstić information content (AvgIpc) is 3.11. The summed E-state index contributed by atoms with van der Waals surface area (Å²) in [5, 5.41) is 8.99. The lowest BCUT2D eigenvalue weighted by Crippen LogP contribution is -2.27. The van der Waals surface area contributed by atoms with Crippen molar-refractivity contribution in [1.82, 2.24) is 4.72 Å². The molecule has 1 aromatic rings. The highest BCUT2D eigenvalue weighted by Crippen LogP contribution is 2.37. The number of carbonyl (C=O) groups is 1. The van der Waals surface area contributed by atoms with Crippen LogP contribution in [-0.2, 0) is 16.4 Å². The lowest BCUT2D eigenvalue weighted by molar-refractivity contribution is 0.0696. The van der Waals surface area contributed by atoms with E-state index in [0.717, 1.165) is 6.42 Å². The molecule has 0 radical (unpaired) electrons. The number of benzene rings is 1. The molecule has 0 aromatic heterocycles. The molecule has 0 aliphatic heterocycles. The molecule has 6 heteroatoms. The fourth-order valence-corrected chi connectivity index (χ4v) is 3.64. The van der Waals surface area contributed by atoms with E-state index in [9.17, 15) is 13.2 Å². The van der Waals surface area contributed by atoms with Crippen molar-refractivity contribution >= 4 is 16.0 Å². The first kappa shape index (κ1) is 15.0. The van der Waals surface area contributed by atoms with Gasteiger partial charge < -0.3 is 5.11 Å². The van der Waals surface area contributed by atoms with Crippen LogP contribution in [0.3, 0.4) is 0 Å². The van der Waals surface area contributed by atoms with E-state index in [1.54, 1.807) is 6.07 Å². The minimum absolute atomic E-state index is 0.0117. The normalized spacial score (nSPS) is 21.7. The van der Waals surface area contributed by atoms with Crippen molar-refractivity contribution in [3.05, 3.63) is 29.3 Å². The maximum absolute atomic E-state index is 12.3. The van der Waals surface area contributed by atoms with Crippen molar-refractivity contribution < 1.29 is 18.3 Å². The molecule has 5 nitrogen and oxygen atoms in total. The molecule has 2 rings (SSSR count). The summed E-state index contributed by atoms with van der Waals surface area (Å²) < 4.78 is 27.2. The Morgan fingerprint density at radius 1 is 1.45 bits per heavy atom. The van der Waals surface area contributed by atoms with Gasteiger partial charge in [-0.3, -0.25) is 0 Å². The molecule has 0 heterocycles. The Kier molecular flexibility index (Phi) is 4.15. The zero-order chi connectivity index (χ0) is 14.9. The van der Waals surface area contributed by atoms with Crippen LogP contribution >= 0.6 is 0 Å². The van der Waals surface area contributed by atoms with Gasteiger partial charge in [0.05, 0.1) is 10.5 Å². The number of carboxylic acid groups (broad SMARTS) is 1. The predicted octanol–water partition coefficient (Wildman–Crippen LogP) is 1.88. The van der Waals surface area contributed by atoms with Gasteiger partial charge in [0.25, 0.3) is 0 Å². The van der Waals surface area contributed by atoms with Crippen molar-refractivity contribution in [3.8, 4) is 0 Å². The summed E-state index contributed by atoms with van der Waals surface area (Å²) >= 11 is 0. The number of aryl methyl sites for hydroxylation is 1. The molecule has 1 fully saturated rings. The molecule has 0 spiro atoms. The standard InChI is InChI=1S/C14H19NO4S/c1-3-10-4-5-11(14(16)17)7-13(10)20(18,19)15-8-12-6-9(12)2/h4-5,7,9,12,15H,3,6,8H2,1-2H3,(H,16,17). The lowest BCUT2D eigenvalue weighted by Gasteiger charge is -2.11. The van der Waals surface area contributed by atoms with E-state index in [2.05, 4.69) is 11.6 Å². The van der Waals surface area contributed by atoms with E-state index in [0.29, 0.717) is 30.4 Å². The Balaban J connectivity index is 2.28. The topological polar surface area (TPSA) is 83.5 Å². The van der Waals surface area contributed by atoms with Gasteiger partial charge in [0.15, 0.2) is 0 Å². The number of hydrogen-bond acceptors (Lipinski definition) is 3. The number of aromatic carboxylic acids is 1. The van der Waals surface area contributed by atoms with Crippen LogP contribution in [0.4, 0.5) is 0 Å². The Hall–Kier alpha value is -1.40.